The van der Waals surface area contributed by atoms with Gasteiger partial charge in [0, 0.05) is 48.3 Å². The molecule has 1 atom stereocenters. The SMILES string of the molecule is COc1cccc(-c2c(C)c(Cc3c(F)cccc3F)c3n(c2=O)C(CNCc2ccn[nH]2)CS3)c1F. The van der Waals surface area contributed by atoms with E-state index in [1.54, 1.807) is 23.8 Å². The number of aromatic nitrogens is 3. The van der Waals surface area contributed by atoms with Crippen LogP contribution in [-0.4, -0.2) is 34.2 Å². The van der Waals surface area contributed by atoms with Crippen LogP contribution in [0.25, 0.3) is 11.1 Å². The van der Waals surface area contributed by atoms with Gasteiger partial charge < -0.3 is 10.1 Å². The van der Waals surface area contributed by atoms with E-state index in [1.165, 1.54) is 49.2 Å². The molecule has 2 N–H and O–H groups in total. The van der Waals surface area contributed by atoms with Crippen molar-refractivity contribution < 1.29 is 17.9 Å². The van der Waals surface area contributed by atoms with Gasteiger partial charge in [-0.1, -0.05) is 18.2 Å². The normalized spacial score (nSPS) is 14.7. The largest absolute Gasteiger partial charge is 0.494 e. The highest BCUT2D eigenvalue weighted by molar-refractivity contribution is 7.99. The average molecular weight is 527 g/mol. The molecule has 1 aliphatic heterocycles. The van der Waals surface area contributed by atoms with Crippen LogP contribution in [0, 0.1) is 24.4 Å². The van der Waals surface area contributed by atoms with E-state index in [2.05, 4.69) is 15.5 Å². The summed E-state index contributed by atoms with van der Waals surface area (Å²) in [4.78, 5) is 13.9. The maximum absolute atomic E-state index is 15.4. The number of nitrogens with one attached hydrogen (secondary N) is 2. The maximum Gasteiger partial charge on any atom is 0.260 e. The van der Waals surface area contributed by atoms with Crippen molar-refractivity contribution in [3.63, 3.8) is 0 Å². The summed E-state index contributed by atoms with van der Waals surface area (Å²) in [5.41, 5.74) is 1.80. The zero-order valence-electron chi connectivity index (χ0n) is 20.3. The van der Waals surface area contributed by atoms with Crippen molar-refractivity contribution in [2.24, 2.45) is 0 Å². The van der Waals surface area contributed by atoms with Crippen LogP contribution in [0.2, 0.25) is 0 Å². The zero-order chi connectivity index (χ0) is 26.1. The lowest BCUT2D eigenvalue weighted by Gasteiger charge is -2.21. The summed E-state index contributed by atoms with van der Waals surface area (Å²) in [5.74, 6) is -1.40. The minimum absolute atomic E-state index is 0.00986. The number of aromatic amines is 1. The first-order chi connectivity index (χ1) is 17.9. The highest BCUT2D eigenvalue weighted by Gasteiger charge is 2.32. The second-order valence-electron chi connectivity index (χ2n) is 8.84. The number of rotatable bonds is 8. The molecule has 6 nitrogen and oxygen atoms in total. The molecule has 0 spiro atoms. The Morgan fingerprint density at radius 3 is 2.59 bits per heavy atom. The number of halogens is 3. The Kier molecular flexibility index (Phi) is 7.12. The molecule has 10 heteroatoms. The first kappa shape index (κ1) is 25.2. The van der Waals surface area contributed by atoms with Gasteiger partial charge in [0.1, 0.15) is 11.6 Å². The second kappa shape index (κ2) is 10.5. The van der Waals surface area contributed by atoms with Crippen molar-refractivity contribution in [2.75, 3.05) is 19.4 Å². The van der Waals surface area contributed by atoms with Gasteiger partial charge in [0.15, 0.2) is 11.6 Å². The highest BCUT2D eigenvalue weighted by Crippen LogP contribution is 2.40. The Morgan fingerprint density at radius 1 is 1.14 bits per heavy atom. The molecular formula is C27H25F3N4O2S. The number of hydrogen-bond donors (Lipinski definition) is 2. The molecule has 2 aromatic heterocycles. The number of hydrogen-bond acceptors (Lipinski definition) is 5. The van der Waals surface area contributed by atoms with Crippen LogP contribution in [0.1, 0.15) is 28.4 Å². The molecule has 1 aliphatic rings. The van der Waals surface area contributed by atoms with Crippen molar-refractivity contribution in [3.8, 4) is 16.9 Å². The lowest BCUT2D eigenvalue weighted by atomic mass is 9.94. The van der Waals surface area contributed by atoms with E-state index in [0.29, 0.717) is 35.0 Å². The first-order valence-corrected chi connectivity index (χ1v) is 12.7. The molecule has 192 valence electrons. The maximum atomic E-state index is 15.4. The molecule has 0 saturated heterocycles. The number of nitrogens with zero attached hydrogens (tertiary/aromatic N) is 2. The number of benzene rings is 2. The summed E-state index contributed by atoms with van der Waals surface area (Å²) in [6.45, 7) is 2.70. The molecule has 1 unspecified atom stereocenters. The molecule has 0 aliphatic carbocycles. The predicted octanol–water partition coefficient (Wildman–Crippen LogP) is 5.00. The molecule has 2 aromatic carbocycles. The Labute approximate surface area is 215 Å². The lowest BCUT2D eigenvalue weighted by Crippen LogP contribution is -2.33. The number of H-pyrrole nitrogens is 1. The van der Waals surface area contributed by atoms with Gasteiger partial charge in [0.05, 0.1) is 23.7 Å². The molecule has 0 fully saturated rings. The minimum atomic E-state index is -0.667. The summed E-state index contributed by atoms with van der Waals surface area (Å²) in [6, 6.07) is 9.96. The van der Waals surface area contributed by atoms with E-state index in [1.807, 2.05) is 6.07 Å². The van der Waals surface area contributed by atoms with Gasteiger partial charge in [-0.2, -0.15) is 5.10 Å². The van der Waals surface area contributed by atoms with Crippen LogP contribution >= 0.6 is 11.8 Å². The van der Waals surface area contributed by atoms with Gasteiger partial charge in [0.2, 0.25) is 0 Å². The number of pyridine rings is 1. The molecule has 0 saturated carbocycles. The van der Waals surface area contributed by atoms with Gasteiger partial charge >= 0.3 is 0 Å². The van der Waals surface area contributed by atoms with Crippen LogP contribution in [0.4, 0.5) is 13.2 Å². The fraction of sp³-hybridized carbons (Fsp3) is 0.259. The lowest BCUT2D eigenvalue weighted by molar-refractivity contribution is 0.387. The number of thioether (sulfide) groups is 1. The fourth-order valence-electron chi connectivity index (χ4n) is 4.74. The topological polar surface area (TPSA) is 71.9 Å². The molecule has 0 radical (unpaired) electrons. The van der Waals surface area contributed by atoms with Gasteiger partial charge in [0.25, 0.3) is 5.56 Å². The Balaban J connectivity index is 1.64. The van der Waals surface area contributed by atoms with Crippen LogP contribution < -0.4 is 15.6 Å². The third kappa shape index (κ3) is 4.67. The van der Waals surface area contributed by atoms with Crippen molar-refractivity contribution in [3.05, 3.63) is 98.9 Å². The molecule has 0 bridgehead atoms. The monoisotopic (exact) mass is 526 g/mol. The van der Waals surface area contributed by atoms with E-state index in [0.717, 1.165) is 5.69 Å². The first-order valence-electron chi connectivity index (χ1n) is 11.8. The standard InChI is InChI=1S/C27H25F3N4O2S/c1-15-19(11-20-21(28)6-4-7-22(20)29)27-34(17(14-37-27)13-31-12-16-9-10-32-33-16)26(35)24(15)18-5-3-8-23(36-2)25(18)30/h3-10,17,31H,11-14H2,1-2H3,(H,32,33). The molecular weight excluding hydrogens is 501 g/mol. The second-order valence-corrected chi connectivity index (χ2v) is 9.84. The zero-order valence-corrected chi connectivity index (χ0v) is 21.1. The number of fused-ring (bicyclic) bond motifs is 1. The van der Waals surface area contributed by atoms with E-state index in [-0.39, 0.29) is 40.5 Å². The third-order valence-electron chi connectivity index (χ3n) is 6.64. The van der Waals surface area contributed by atoms with Crippen molar-refractivity contribution >= 4 is 11.8 Å². The van der Waals surface area contributed by atoms with Crippen molar-refractivity contribution in [1.29, 1.82) is 0 Å². The van der Waals surface area contributed by atoms with Crippen LogP contribution in [0.5, 0.6) is 5.75 Å². The predicted molar refractivity (Wildman–Crippen MR) is 137 cm³/mol. The summed E-state index contributed by atoms with van der Waals surface area (Å²) in [7, 11) is 1.36. The van der Waals surface area contributed by atoms with Crippen LogP contribution in [-0.2, 0) is 13.0 Å². The van der Waals surface area contributed by atoms with Crippen LogP contribution in [0.3, 0.4) is 0 Å². The fourth-order valence-corrected chi connectivity index (χ4v) is 6.13. The van der Waals surface area contributed by atoms with E-state index < -0.39 is 17.5 Å². The minimum Gasteiger partial charge on any atom is -0.494 e. The van der Waals surface area contributed by atoms with Gasteiger partial charge in [-0.05, 0) is 42.3 Å². The van der Waals surface area contributed by atoms with E-state index in [4.69, 9.17) is 4.74 Å². The van der Waals surface area contributed by atoms with Gasteiger partial charge in [-0.15, -0.1) is 11.8 Å². The molecule has 0 amide bonds. The van der Waals surface area contributed by atoms with E-state index in [9.17, 15) is 13.6 Å². The summed E-state index contributed by atoms with van der Waals surface area (Å²) >= 11 is 1.47. The molecule has 3 heterocycles. The highest BCUT2D eigenvalue weighted by atomic mass is 32.2. The Hall–Kier alpha value is -3.50. The van der Waals surface area contributed by atoms with Crippen LogP contribution in [0.15, 0.2) is 58.5 Å². The van der Waals surface area contributed by atoms with Crippen molar-refractivity contribution in [1.82, 2.24) is 20.1 Å². The average Bonchev–Trinajstić information content (AvgIpc) is 3.55. The number of methoxy groups -OCH3 is 1. The summed E-state index contributed by atoms with van der Waals surface area (Å²) in [5, 5.41) is 10.8. The van der Waals surface area contributed by atoms with Gasteiger partial charge in [-0.25, -0.2) is 13.2 Å². The Bertz CT molecular complexity index is 1480. The molecule has 4 aromatic rings. The van der Waals surface area contributed by atoms with Gasteiger partial charge in [-0.3, -0.25) is 14.5 Å². The summed E-state index contributed by atoms with van der Waals surface area (Å²) in [6.07, 6.45) is 1.59. The Morgan fingerprint density at radius 2 is 1.89 bits per heavy atom. The van der Waals surface area contributed by atoms with Crippen molar-refractivity contribution in [2.45, 2.75) is 31.0 Å². The van der Waals surface area contributed by atoms with E-state index >= 15 is 4.39 Å². The summed E-state index contributed by atoms with van der Waals surface area (Å²) < 4.78 is 51.5. The molecule has 5 rings (SSSR count). The number of ether oxygens (including phenoxy) is 1. The quantitative estimate of drug-likeness (QED) is 0.338. The smallest absolute Gasteiger partial charge is 0.260 e. The molecule has 37 heavy (non-hydrogen) atoms. The third-order valence-corrected chi connectivity index (χ3v) is 7.90.